The second-order valence-electron chi connectivity index (χ2n) is 4.27. The fourth-order valence-corrected chi connectivity index (χ4v) is 1.25. The Morgan fingerprint density at radius 1 is 1.00 bits per heavy atom. The minimum absolute atomic E-state index is 0.124. The molecule has 74 valence electrons. The zero-order valence-corrected chi connectivity index (χ0v) is 9.04. The Morgan fingerprint density at radius 2 is 1.57 bits per heavy atom. The molecule has 2 nitrogen and oxygen atoms in total. The fraction of sp³-hybridized carbons (Fsp3) is 0.333. The van der Waals surface area contributed by atoms with Gasteiger partial charge in [0.15, 0.2) is 0 Å². The highest BCUT2D eigenvalue weighted by atomic mass is 14.8. The predicted molar refractivity (Wildman–Crippen MR) is 63.6 cm³/mol. The van der Waals surface area contributed by atoms with E-state index in [4.69, 9.17) is 0 Å². The summed E-state index contributed by atoms with van der Waals surface area (Å²) in [4.78, 5) is 7.81. The third-order valence-corrected chi connectivity index (χ3v) is 2.18. The first kappa shape index (κ1) is 10.6. The second-order valence-corrected chi connectivity index (χ2v) is 4.27. The molecule has 2 heteroatoms. The highest BCUT2D eigenvalue weighted by molar-refractivity contribution is 5.68. The Labute approximate surface area is 85.4 Å². The molecular weight excluding hydrogens is 172 g/mol. The average Bonchev–Trinajstić information content (AvgIpc) is 2.15. The lowest BCUT2D eigenvalue weighted by molar-refractivity contribution is 0.590. The lowest BCUT2D eigenvalue weighted by atomic mass is 9.87. The van der Waals surface area contributed by atoms with Crippen molar-refractivity contribution >= 4 is 24.8 Å². The molecule has 1 rings (SSSR count). The van der Waals surface area contributed by atoms with Crippen molar-refractivity contribution in [2.75, 3.05) is 0 Å². The summed E-state index contributed by atoms with van der Waals surface area (Å²) in [5.41, 5.74) is 2.94. The highest BCUT2D eigenvalue weighted by Gasteiger charge is 2.14. The highest BCUT2D eigenvalue weighted by Crippen LogP contribution is 2.32. The maximum atomic E-state index is 3.93. The van der Waals surface area contributed by atoms with E-state index in [1.54, 1.807) is 0 Å². The summed E-state index contributed by atoms with van der Waals surface area (Å²) in [6.07, 6.45) is 0. The molecule has 0 aliphatic rings. The van der Waals surface area contributed by atoms with Crippen molar-refractivity contribution in [3.05, 3.63) is 23.8 Å². The summed E-state index contributed by atoms with van der Waals surface area (Å²) in [5.74, 6) is 0. The van der Waals surface area contributed by atoms with Crippen LogP contribution in [-0.4, -0.2) is 13.4 Å². The first-order valence-electron chi connectivity index (χ1n) is 4.57. The molecule has 1 aromatic rings. The van der Waals surface area contributed by atoms with Crippen molar-refractivity contribution in [3.8, 4) is 0 Å². The molecule has 0 aromatic heterocycles. The van der Waals surface area contributed by atoms with E-state index >= 15 is 0 Å². The smallest absolute Gasteiger partial charge is 0.0881 e. The molecule has 1 aromatic carbocycles. The van der Waals surface area contributed by atoms with Crippen molar-refractivity contribution < 1.29 is 0 Å². The molecule has 0 radical (unpaired) electrons. The molecule has 0 aliphatic carbocycles. The Hall–Kier alpha value is -1.44. The third kappa shape index (κ3) is 2.08. The normalized spacial score (nSPS) is 11.1. The van der Waals surface area contributed by atoms with Gasteiger partial charge in [0.05, 0.1) is 11.4 Å². The SMILES string of the molecule is C=Nc1ccc(C(C)(C)C)cc1N=C. The van der Waals surface area contributed by atoms with Gasteiger partial charge in [-0.3, -0.25) is 9.98 Å². The third-order valence-electron chi connectivity index (χ3n) is 2.18. The number of hydrogen-bond acceptors (Lipinski definition) is 2. The maximum Gasteiger partial charge on any atom is 0.0881 e. The van der Waals surface area contributed by atoms with Gasteiger partial charge in [-0.05, 0) is 36.5 Å². The molecule has 0 spiro atoms. The van der Waals surface area contributed by atoms with Gasteiger partial charge in [0.25, 0.3) is 0 Å². The van der Waals surface area contributed by atoms with E-state index in [1.165, 1.54) is 5.56 Å². The summed E-state index contributed by atoms with van der Waals surface area (Å²) in [6.45, 7) is 13.5. The Kier molecular flexibility index (Phi) is 2.84. The largest absolute Gasteiger partial charge is 0.262 e. The summed E-state index contributed by atoms with van der Waals surface area (Å²) in [5, 5.41) is 0. The van der Waals surface area contributed by atoms with Crippen LogP contribution >= 0.6 is 0 Å². The molecule has 0 unspecified atom stereocenters. The number of rotatable bonds is 2. The lowest BCUT2D eigenvalue weighted by Crippen LogP contribution is -2.10. The molecule has 0 bridgehead atoms. The van der Waals surface area contributed by atoms with Crippen LogP contribution in [0.15, 0.2) is 28.2 Å². The van der Waals surface area contributed by atoms with Gasteiger partial charge >= 0.3 is 0 Å². The summed E-state index contributed by atoms with van der Waals surface area (Å²) in [7, 11) is 0. The van der Waals surface area contributed by atoms with E-state index in [9.17, 15) is 0 Å². The van der Waals surface area contributed by atoms with E-state index in [2.05, 4.69) is 50.3 Å². The van der Waals surface area contributed by atoms with Crippen molar-refractivity contribution in [1.29, 1.82) is 0 Å². The number of hydrogen-bond donors (Lipinski definition) is 0. The molecule has 0 aliphatic heterocycles. The second kappa shape index (κ2) is 3.74. The Morgan fingerprint density at radius 3 is 2.00 bits per heavy atom. The molecule has 0 saturated heterocycles. The van der Waals surface area contributed by atoms with Gasteiger partial charge in [-0.2, -0.15) is 0 Å². The summed E-state index contributed by atoms with van der Waals surface area (Å²) in [6, 6.07) is 5.99. The first-order chi connectivity index (χ1) is 6.49. The van der Waals surface area contributed by atoms with Gasteiger partial charge in [-0.1, -0.05) is 26.8 Å². The van der Waals surface area contributed by atoms with E-state index < -0.39 is 0 Å². The van der Waals surface area contributed by atoms with Crippen LogP contribution in [0.25, 0.3) is 0 Å². The van der Waals surface area contributed by atoms with E-state index in [0.717, 1.165) is 11.4 Å². The van der Waals surface area contributed by atoms with E-state index in [-0.39, 0.29) is 5.41 Å². The predicted octanol–water partition coefficient (Wildman–Crippen LogP) is 3.65. The minimum Gasteiger partial charge on any atom is -0.262 e. The van der Waals surface area contributed by atoms with Crippen molar-refractivity contribution in [2.24, 2.45) is 9.98 Å². The van der Waals surface area contributed by atoms with Gasteiger partial charge in [0.1, 0.15) is 0 Å². The van der Waals surface area contributed by atoms with Crippen LogP contribution in [0.2, 0.25) is 0 Å². The van der Waals surface area contributed by atoms with Crippen molar-refractivity contribution in [1.82, 2.24) is 0 Å². The molecule has 0 atom stereocenters. The van der Waals surface area contributed by atoms with Crippen LogP contribution in [0.1, 0.15) is 26.3 Å². The van der Waals surface area contributed by atoms with E-state index in [0.29, 0.717) is 0 Å². The molecule has 0 saturated carbocycles. The van der Waals surface area contributed by atoms with Gasteiger partial charge in [-0.15, -0.1) is 0 Å². The standard InChI is InChI=1S/C12H16N2/c1-12(2,3)9-6-7-10(13-4)11(8-9)14-5/h6-8H,4-5H2,1-3H3. The Bertz CT molecular complexity index is 359. The lowest BCUT2D eigenvalue weighted by Gasteiger charge is -2.19. The van der Waals surface area contributed by atoms with Crippen LogP contribution in [-0.2, 0) is 5.41 Å². The van der Waals surface area contributed by atoms with Crippen LogP contribution in [0.4, 0.5) is 11.4 Å². The molecule has 0 heterocycles. The quantitative estimate of drug-likeness (QED) is 0.633. The van der Waals surface area contributed by atoms with Crippen LogP contribution in [0.3, 0.4) is 0 Å². The maximum absolute atomic E-state index is 3.93. The summed E-state index contributed by atoms with van der Waals surface area (Å²) >= 11 is 0. The number of benzene rings is 1. The molecule has 14 heavy (non-hydrogen) atoms. The first-order valence-corrected chi connectivity index (χ1v) is 4.57. The molecular formula is C12H16N2. The molecule has 0 amide bonds. The minimum atomic E-state index is 0.124. The average molecular weight is 188 g/mol. The van der Waals surface area contributed by atoms with Crippen LogP contribution < -0.4 is 0 Å². The fourth-order valence-electron chi connectivity index (χ4n) is 1.25. The number of aliphatic imine (C=N–C) groups is 2. The summed E-state index contributed by atoms with van der Waals surface area (Å²) < 4.78 is 0. The van der Waals surface area contributed by atoms with E-state index in [1.807, 2.05) is 12.1 Å². The van der Waals surface area contributed by atoms with Crippen LogP contribution in [0.5, 0.6) is 0 Å². The van der Waals surface area contributed by atoms with Crippen molar-refractivity contribution in [2.45, 2.75) is 26.2 Å². The van der Waals surface area contributed by atoms with Gasteiger partial charge < -0.3 is 0 Å². The Balaban J connectivity index is 3.27. The van der Waals surface area contributed by atoms with Crippen LogP contribution in [0, 0.1) is 0 Å². The number of nitrogens with zero attached hydrogens (tertiary/aromatic N) is 2. The van der Waals surface area contributed by atoms with Gasteiger partial charge in [0, 0.05) is 0 Å². The van der Waals surface area contributed by atoms with Crippen molar-refractivity contribution in [3.63, 3.8) is 0 Å². The topological polar surface area (TPSA) is 24.7 Å². The zero-order chi connectivity index (χ0) is 10.8. The zero-order valence-electron chi connectivity index (χ0n) is 9.04. The molecule has 0 fully saturated rings. The van der Waals surface area contributed by atoms with Gasteiger partial charge in [0.2, 0.25) is 0 Å². The monoisotopic (exact) mass is 188 g/mol. The van der Waals surface area contributed by atoms with Gasteiger partial charge in [-0.25, -0.2) is 0 Å². The molecule has 0 N–H and O–H groups in total.